The van der Waals surface area contributed by atoms with Crippen molar-refractivity contribution in [1.82, 2.24) is 15.1 Å². The Morgan fingerprint density at radius 1 is 1.21 bits per heavy atom. The molecule has 0 amide bonds. The molecule has 0 aromatic heterocycles. The molecule has 114 valence electrons. The summed E-state index contributed by atoms with van der Waals surface area (Å²) in [6.45, 7) is 13.0. The molecule has 1 rings (SSSR count). The van der Waals surface area contributed by atoms with E-state index >= 15 is 0 Å². The van der Waals surface area contributed by atoms with E-state index in [1.54, 1.807) is 0 Å². The zero-order valence-electron chi connectivity index (χ0n) is 14.2. The molecule has 19 heavy (non-hydrogen) atoms. The average molecular weight is 269 g/mol. The molecule has 0 aromatic carbocycles. The van der Waals surface area contributed by atoms with E-state index in [0.717, 1.165) is 12.5 Å². The highest BCUT2D eigenvalue weighted by Gasteiger charge is 2.43. The van der Waals surface area contributed by atoms with Crippen molar-refractivity contribution >= 4 is 0 Å². The first-order valence-corrected chi connectivity index (χ1v) is 7.84. The van der Waals surface area contributed by atoms with Crippen LogP contribution in [0.3, 0.4) is 0 Å². The largest absolute Gasteiger partial charge is 0.315 e. The summed E-state index contributed by atoms with van der Waals surface area (Å²) >= 11 is 0. The summed E-state index contributed by atoms with van der Waals surface area (Å²) in [5, 5.41) is 3.59. The third-order valence-electron chi connectivity index (χ3n) is 4.53. The summed E-state index contributed by atoms with van der Waals surface area (Å²) in [6, 6.07) is 1.32. The van der Waals surface area contributed by atoms with Gasteiger partial charge in [-0.25, -0.2) is 0 Å². The zero-order chi connectivity index (χ0) is 14.6. The fraction of sp³-hybridized carbons (Fsp3) is 1.00. The lowest BCUT2D eigenvalue weighted by atomic mass is 9.86. The van der Waals surface area contributed by atoms with Gasteiger partial charge in [0.2, 0.25) is 0 Å². The Kier molecular flexibility index (Phi) is 6.28. The summed E-state index contributed by atoms with van der Waals surface area (Å²) in [4.78, 5) is 5.02. The van der Waals surface area contributed by atoms with Gasteiger partial charge in [-0.3, -0.25) is 4.90 Å². The number of hydrogen-bond acceptors (Lipinski definition) is 3. The standard InChI is InChI=1S/C16H35N3/c1-13(2)12-19(11-10-18(6)7)14-8-9-16(3,4)15(14)17-5/h13-15,17H,8-12H2,1-7H3. The molecule has 2 unspecified atom stereocenters. The van der Waals surface area contributed by atoms with Gasteiger partial charge >= 0.3 is 0 Å². The van der Waals surface area contributed by atoms with Crippen LogP contribution in [0.1, 0.15) is 40.5 Å². The van der Waals surface area contributed by atoms with Crippen LogP contribution in [0.15, 0.2) is 0 Å². The first-order valence-electron chi connectivity index (χ1n) is 7.84. The van der Waals surface area contributed by atoms with E-state index in [1.165, 1.54) is 25.9 Å². The maximum absolute atomic E-state index is 3.59. The van der Waals surface area contributed by atoms with Crippen LogP contribution in [-0.2, 0) is 0 Å². The zero-order valence-corrected chi connectivity index (χ0v) is 14.2. The second-order valence-electron chi connectivity index (χ2n) is 7.55. The van der Waals surface area contributed by atoms with Crippen LogP contribution in [0.4, 0.5) is 0 Å². The van der Waals surface area contributed by atoms with Gasteiger partial charge in [-0.15, -0.1) is 0 Å². The highest BCUT2D eigenvalue weighted by Crippen LogP contribution is 2.39. The molecule has 0 bridgehead atoms. The van der Waals surface area contributed by atoms with Gasteiger partial charge in [-0.2, -0.15) is 0 Å². The lowest BCUT2D eigenvalue weighted by molar-refractivity contribution is 0.125. The molecule has 3 nitrogen and oxygen atoms in total. The first kappa shape index (κ1) is 16.9. The molecule has 1 N–H and O–H groups in total. The van der Waals surface area contributed by atoms with Crippen LogP contribution in [-0.4, -0.2) is 62.7 Å². The van der Waals surface area contributed by atoms with Crippen LogP contribution < -0.4 is 5.32 Å². The summed E-state index contributed by atoms with van der Waals surface area (Å²) in [6.07, 6.45) is 2.67. The average Bonchev–Trinajstić information content (AvgIpc) is 2.58. The minimum Gasteiger partial charge on any atom is -0.315 e. The third-order valence-corrected chi connectivity index (χ3v) is 4.53. The molecule has 1 saturated carbocycles. The number of rotatable bonds is 7. The number of hydrogen-bond donors (Lipinski definition) is 1. The lowest BCUT2D eigenvalue weighted by Gasteiger charge is -2.38. The first-order chi connectivity index (χ1) is 8.77. The minimum atomic E-state index is 0.423. The molecule has 1 aliphatic carbocycles. The normalized spacial score (nSPS) is 26.8. The van der Waals surface area contributed by atoms with Gasteiger partial charge in [-0.1, -0.05) is 27.7 Å². The molecule has 1 aliphatic rings. The van der Waals surface area contributed by atoms with Gasteiger partial charge in [-0.05, 0) is 45.3 Å². The van der Waals surface area contributed by atoms with Gasteiger partial charge in [0, 0.05) is 31.7 Å². The number of nitrogens with zero attached hydrogens (tertiary/aromatic N) is 2. The van der Waals surface area contributed by atoms with Crippen LogP contribution in [0.5, 0.6) is 0 Å². The van der Waals surface area contributed by atoms with Crippen molar-refractivity contribution < 1.29 is 0 Å². The van der Waals surface area contributed by atoms with Crippen LogP contribution in [0.2, 0.25) is 0 Å². The van der Waals surface area contributed by atoms with Crippen molar-refractivity contribution in [3.8, 4) is 0 Å². The SMILES string of the molecule is CNC1C(N(CCN(C)C)CC(C)C)CCC1(C)C. The van der Waals surface area contributed by atoms with E-state index in [9.17, 15) is 0 Å². The summed E-state index contributed by atoms with van der Waals surface area (Å²) in [7, 11) is 6.47. The van der Waals surface area contributed by atoms with Gasteiger partial charge in [0.1, 0.15) is 0 Å². The predicted molar refractivity (Wildman–Crippen MR) is 84.6 cm³/mol. The Labute approximate surface area is 120 Å². The van der Waals surface area contributed by atoms with Crippen molar-refractivity contribution in [2.24, 2.45) is 11.3 Å². The molecule has 0 aliphatic heterocycles. The Morgan fingerprint density at radius 2 is 1.84 bits per heavy atom. The second-order valence-corrected chi connectivity index (χ2v) is 7.55. The Morgan fingerprint density at radius 3 is 2.32 bits per heavy atom. The quantitative estimate of drug-likeness (QED) is 0.765. The van der Waals surface area contributed by atoms with E-state index in [0.29, 0.717) is 17.5 Å². The Bertz CT molecular complexity index is 261. The summed E-state index contributed by atoms with van der Waals surface area (Å²) in [5.74, 6) is 0.739. The molecule has 0 saturated heterocycles. The van der Waals surface area contributed by atoms with Crippen molar-refractivity contribution in [2.75, 3.05) is 40.8 Å². The maximum atomic E-state index is 3.59. The van der Waals surface area contributed by atoms with Crippen LogP contribution in [0.25, 0.3) is 0 Å². The molecule has 0 radical (unpaired) electrons. The van der Waals surface area contributed by atoms with Crippen molar-refractivity contribution in [2.45, 2.75) is 52.6 Å². The number of nitrogens with one attached hydrogen (secondary N) is 1. The van der Waals surface area contributed by atoms with Crippen LogP contribution >= 0.6 is 0 Å². The molecule has 2 atom stereocenters. The molecule has 0 heterocycles. The second kappa shape index (κ2) is 7.05. The highest BCUT2D eigenvalue weighted by atomic mass is 15.2. The lowest BCUT2D eigenvalue weighted by Crippen LogP contribution is -2.52. The summed E-state index contributed by atoms with van der Waals surface area (Å²) in [5.41, 5.74) is 0.423. The third kappa shape index (κ3) is 4.73. The summed E-state index contributed by atoms with van der Waals surface area (Å²) < 4.78 is 0. The fourth-order valence-corrected chi connectivity index (χ4v) is 3.53. The predicted octanol–water partition coefficient (Wildman–Crippen LogP) is 2.28. The van der Waals surface area contributed by atoms with Gasteiger partial charge < -0.3 is 10.2 Å². The molecule has 0 aromatic rings. The van der Waals surface area contributed by atoms with Gasteiger partial charge in [0.15, 0.2) is 0 Å². The maximum Gasteiger partial charge on any atom is 0.0271 e. The topological polar surface area (TPSA) is 18.5 Å². The molecule has 1 fully saturated rings. The fourth-order valence-electron chi connectivity index (χ4n) is 3.53. The van der Waals surface area contributed by atoms with Crippen LogP contribution in [0, 0.1) is 11.3 Å². The van der Waals surface area contributed by atoms with Gasteiger partial charge in [0.25, 0.3) is 0 Å². The Hall–Kier alpha value is -0.120. The molecule has 0 spiro atoms. The van der Waals surface area contributed by atoms with E-state index in [1.807, 2.05) is 0 Å². The highest BCUT2D eigenvalue weighted by molar-refractivity contribution is 5.00. The van der Waals surface area contributed by atoms with Crippen molar-refractivity contribution in [1.29, 1.82) is 0 Å². The van der Waals surface area contributed by atoms with E-state index in [-0.39, 0.29) is 0 Å². The molecular formula is C16H35N3. The van der Waals surface area contributed by atoms with E-state index < -0.39 is 0 Å². The van der Waals surface area contributed by atoms with Crippen molar-refractivity contribution in [3.63, 3.8) is 0 Å². The van der Waals surface area contributed by atoms with E-state index in [4.69, 9.17) is 0 Å². The minimum absolute atomic E-state index is 0.423. The van der Waals surface area contributed by atoms with E-state index in [2.05, 4.69) is 64.0 Å². The van der Waals surface area contributed by atoms with Crippen molar-refractivity contribution in [3.05, 3.63) is 0 Å². The smallest absolute Gasteiger partial charge is 0.0271 e. The van der Waals surface area contributed by atoms with Gasteiger partial charge in [0.05, 0.1) is 0 Å². The Balaban J connectivity index is 2.73. The molecule has 3 heteroatoms. The molecular weight excluding hydrogens is 234 g/mol. The monoisotopic (exact) mass is 269 g/mol. The number of likely N-dealkylation sites (N-methyl/N-ethyl adjacent to an activating group) is 2.